The van der Waals surface area contributed by atoms with Gasteiger partial charge in [-0.25, -0.2) is 0 Å². The van der Waals surface area contributed by atoms with Gasteiger partial charge in [-0.2, -0.15) is 0 Å². The third-order valence-electron chi connectivity index (χ3n) is 6.48. The normalized spacial score (nSPS) is 11.3. The number of nitrogens with one attached hydrogen (secondary N) is 1. The van der Waals surface area contributed by atoms with Gasteiger partial charge in [-0.15, -0.1) is 0 Å². The minimum absolute atomic E-state index is 0.353. The summed E-state index contributed by atoms with van der Waals surface area (Å²) in [5, 5.41) is 12.8. The molecule has 0 heterocycles. The monoisotopic (exact) mass is 431 g/mol. The number of benzene rings is 1. The Morgan fingerprint density at radius 1 is 0.516 bits per heavy atom. The second kappa shape index (κ2) is 22.2. The molecule has 0 fully saturated rings. The maximum Gasteiger partial charge on any atom is 0.115 e. The molecule has 0 saturated heterocycles. The number of hydrogen-bond donors (Lipinski definition) is 2. The molecule has 180 valence electrons. The minimum atomic E-state index is 0.353. The standard InChI is InChI=1S/C29H53NO/c1-2-3-4-5-6-7-8-9-10-11-12-13-14-15-16-17-18-19-20-26-30-27-25-28-21-23-29(31)24-22-28/h21-24,30-31H,2-20,25-27H2,1H3. The fourth-order valence-electron chi connectivity index (χ4n) is 4.35. The molecule has 0 spiro atoms. The first kappa shape index (κ1) is 28.0. The summed E-state index contributed by atoms with van der Waals surface area (Å²) in [6.45, 7) is 4.46. The number of phenolic OH excluding ortho intramolecular Hbond substituents is 1. The van der Waals surface area contributed by atoms with Crippen molar-refractivity contribution in [2.24, 2.45) is 0 Å². The minimum Gasteiger partial charge on any atom is -0.508 e. The van der Waals surface area contributed by atoms with Crippen molar-refractivity contribution in [3.63, 3.8) is 0 Å². The zero-order valence-electron chi connectivity index (χ0n) is 20.8. The van der Waals surface area contributed by atoms with Crippen molar-refractivity contribution in [2.45, 2.75) is 135 Å². The van der Waals surface area contributed by atoms with Gasteiger partial charge in [0.05, 0.1) is 0 Å². The van der Waals surface area contributed by atoms with Crippen molar-refractivity contribution in [1.29, 1.82) is 0 Å². The number of unbranched alkanes of at least 4 members (excludes halogenated alkanes) is 18. The van der Waals surface area contributed by atoms with E-state index in [1.807, 2.05) is 12.1 Å². The maximum absolute atomic E-state index is 9.29. The topological polar surface area (TPSA) is 32.3 Å². The van der Waals surface area contributed by atoms with Crippen LogP contribution >= 0.6 is 0 Å². The van der Waals surface area contributed by atoms with Gasteiger partial charge in [-0.3, -0.25) is 0 Å². The number of rotatable bonds is 23. The molecule has 1 rings (SSSR count). The largest absolute Gasteiger partial charge is 0.508 e. The Balaban J connectivity index is 1.68. The van der Waals surface area contributed by atoms with Crippen LogP contribution in [-0.4, -0.2) is 18.2 Å². The molecule has 0 amide bonds. The molecular weight excluding hydrogens is 378 g/mol. The molecular formula is C29H53NO. The Bertz CT molecular complexity index is 470. The van der Waals surface area contributed by atoms with E-state index < -0.39 is 0 Å². The average Bonchev–Trinajstić information content (AvgIpc) is 2.78. The van der Waals surface area contributed by atoms with Crippen molar-refractivity contribution >= 4 is 0 Å². The Kier molecular flexibility index (Phi) is 20.0. The van der Waals surface area contributed by atoms with Crippen molar-refractivity contribution in [2.75, 3.05) is 13.1 Å². The molecule has 0 bridgehead atoms. The molecule has 0 saturated carbocycles. The van der Waals surface area contributed by atoms with E-state index in [9.17, 15) is 5.11 Å². The number of phenols is 1. The SMILES string of the molecule is CCCCCCCCCCCCCCCCCCCCCNCCc1ccc(O)cc1. The summed E-state index contributed by atoms with van der Waals surface area (Å²) in [4.78, 5) is 0. The van der Waals surface area contributed by atoms with Crippen molar-refractivity contribution < 1.29 is 5.11 Å². The molecule has 1 aromatic rings. The fraction of sp³-hybridized carbons (Fsp3) is 0.793. The highest BCUT2D eigenvalue weighted by Gasteiger charge is 1.96. The molecule has 0 radical (unpaired) electrons. The molecule has 0 unspecified atom stereocenters. The first-order chi connectivity index (χ1) is 15.3. The lowest BCUT2D eigenvalue weighted by Crippen LogP contribution is -2.18. The average molecular weight is 432 g/mol. The van der Waals surface area contributed by atoms with E-state index >= 15 is 0 Å². The van der Waals surface area contributed by atoms with Gasteiger partial charge in [-0.1, -0.05) is 135 Å². The van der Waals surface area contributed by atoms with Gasteiger partial charge in [0.1, 0.15) is 5.75 Å². The molecule has 31 heavy (non-hydrogen) atoms. The molecule has 0 atom stereocenters. The summed E-state index contributed by atoms with van der Waals surface area (Å²) in [5.74, 6) is 0.353. The highest BCUT2D eigenvalue weighted by Crippen LogP contribution is 2.14. The second-order valence-electron chi connectivity index (χ2n) is 9.53. The Labute approximate surface area is 194 Å². The lowest BCUT2D eigenvalue weighted by atomic mass is 10.0. The zero-order chi connectivity index (χ0) is 22.2. The quantitative estimate of drug-likeness (QED) is 0.169. The van der Waals surface area contributed by atoms with E-state index in [1.165, 1.54) is 128 Å². The van der Waals surface area contributed by atoms with Crippen LogP contribution in [-0.2, 0) is 6.42 Å². The molecule has 2 nitrogen and oxygen atoms in total. The third kappa shape index (κ3) is 19.4. The van der Waals surface area contributed by atoms with E-state index in [0.717, 1.165) is 19.5 Å². The third-order valence-corrected chi connectivity index (χ3v) is 6.48. The van der Waals surface area contributed by atoms with Crippen LogP contribution in [0.5, 0.6) is 5.75 Å². The van der Waals surface area contributed by atoms with Gasteiger partial charge < -0.3 is 10.4 Å². The lowest BCUT2D eigenvalue weighted by molar-refractivity contribution is 0.475. The fourth-order valence-corrected chi connectivity index (χ4v) is 4.35. The van der Waals surface area contributed by atoms with Gasteiger partial charge in [0, 0.05) is 0 Å². The van der Waals surface area contributed by atoms with Crippen LogP contribution in [0.2, 0.25) is 0 Å². The summed E-state index contributed by atoms with van der Waals surface area (Å²) >= 11 is 0. The van der Waals surface area contributed by atoms with Gasteiger partial charge in [-0.05, 0) is 43.6 Å². The van der Waals surface area contributed by atoms with Crippen molar-refractivity contribution in [3.05, 3.63) is 29.8 Å². The maximum atomic E-state index is 9.29. The van der Waals surface area contributed by atoms with Gasteiger partial charge >= 0.3 is 0 Å². The van der Waals surface area contributed by atoms with E-state index in [0.29, 0.717) is 5.75 Å². The number of aromatic hydroxyl groups is 1. The smallest absolute Gasteiger partial charge is 0.115 e. The molecule has 0 aliphatic heterocycles. The Morgan fingerprint density at radius 3 is 1.32 bits per heavy atom. The Hall–Kier alpha value is -1.02. The molecule has 1 aromatic carbocycles. The summed E-state index contributed by atoms with van der Waals surface area (Å²) in [5.41, 5.74) is 1.29. The molecule has 0 aliphatic rings. The van der Waals surface area contributed by atoms with Crippen LogP contribution in [0, 0.1) is 0 Å². The van der Waals surface area contributed by atoms with Crippen molar-refractivity contribution in [3.8, 4) is 5.75 Å². The Morgan fingerprint density at radius 2 is 0.903 bits per heavy atom. The first-order valence-electron chi connectivity index (χ1n) is 13.8. The molecule has 0 aliphatic carbocycles. The second-order valence-corrected chi connectivity index (χ2v) is 9.53. The highest BCUT2D eigenvalue weighted by molar-refractivity contribution is 5.25. The van der Waals surface area contributed by atoms with E-state index in [-0.39, 0.29) is 0 Å². The van der Waals surface area contributed by atoms with E-state index in [4.69, 9.17) is 0 Å². The molecule has 0 aromatic heterocycles. The summed E-state index contributed by atoms with van der Waals surface area (Å²) < 4.78 is 0. The summed E-state index contributed by atoms with van der Waals surface area (Å²) in [6, 6.07) is 7.56. The number of hydrogen-bond acceptors (Lipinski definition) is 2. The van der Waals surface area contributed by atoms with Gasteiger partial charge in [0.15, 0.2) is 0 Å². The van der Waals surface area contributed by atoms with Crippen molar-refractivity contribution in [1.82, 2.24) is 5.32 Å². The van der Waals surface area contributed by atoms with Crippen LogP contribution in [0.4, 0.5) is 0 Å². The molecule has 2 N–H and O–H groups in total. The van der Waals surface area contributed by atoms with Crippen LogP contribution in [0.15, 0.2) is 24.3 Å². The van der Waals surface area contributed by atoms with Crippen LogP contribution in [0.3, 0.4) is 0 Å². The first-order valence-corrected chi connectivity index (χ1v) is 13.8. The zero-order valence-corrected chi connectivity index (χ0v) is 20.8. The molecule has 2 heteroatoms. The van der Waals surface area contributed by atoms with Crippen LogP contribution in [0.25, 0.3) is 0 Å². The predicted molar refractivity (Wildman–Crippen MR) is 138 cm³/mol. The lowest BCUT2D eigenvalue weighted by Gasteiger charge is -2.06. The van der Waals surface area contributed by atoms with Crippen LogP contribution in [0.1, 0.15) is 134 Å². The van der Waals surface area contributed by atoms with E-state index in [2.05, 4.69) is 12.2 Å². The van der Waals surface area contributed by atoms with Gasteiger partial charge in [0.25, 0.3) is 0 Å². The van der Waals surface area contributed by atoms with Crippen LogP contribution < -0.4 is 5.32 Å². The highest BCUT2D eigenvalue weighted by atomic mass is 16.3. The predicted octanol–water partition coefficient (Wildman–Crippen LogP) is 8.96. The summed E-state index contributed by atoms with van der Waals surface area (Å²) in [6.07, 6.45) is 28.3. The van der Waals surface area contributed by atoms with Gasteiger partial charge in [0.2, 0.25) is 0 Å². The van der Waals surface area contributed by atoms with E-state index in [1.54, 1.807) is 12.1 Å². The summed E-state index contributed by atoms with van der Waals surface area (Å²) in [7, 11) is 0.